The molecule has 0 atom stereocenters. The van der Waals surface area contributed by atoms with Gasteiger partial charge in [-0.05, 0) is 47.5 Å². The van der Waals surface area contributed by atoms with Crippen molar-refractivity contribution in [2.45, 2.75) is 9.92 Å². The van der Waals surface area contributed by atoms with Crippen molar-refractivity contribution in [1.29, 1.82) is 0 Å². The molecular weight excluding hydrogens is 381 g/mol. The number of halogens is 1. The maximum Gasteiger partial charge on any atom is 0.340 e. The fourth-order valence-corrected chi connectivity index (χ4v) is 3.86. The smallest absolute Gasteiger partial charge is 0.340 e. The van der Waals surface area contributed by atoms with E-state index in [2.05, 4.69) is 9.72 Å². The van der Waals surface area contributed by atoms with Gasteiger partial charge in [-0.15, -0.1) is 0 Å². The van der Waals surface area contributed by atoms with Crippen molar-refractivity contribution in [1.82, 2.24) is 4.98 Å². The number of aromatic nitrogens is 1. The number of rotatable bonds is 5. The lowest BCUT2D eigenvalue weighted by Gasteiger charge is -2.08. The van der Waals surface area contributed by atoms with Crippen LogP contribution in [0.2, 0.25) is 0 Å². The SMILES string of the molecule is COC(=O)c1cccnc1S(=O)(=O)c1ccc(/C=C/c2ccc(F)cc2)cc1. The summed E-state index contributed by atoms with van der Waals surface area (Å²) < 4.78 is 43.3. The number of esters is 1. The fourth-order valence-electron chi connectivity index (χ4n) is 2.51. The number of benzene rings is 2. The fraction of sp³-hybridized carbons (Fsp3) is 0.0476. The van der Waals surface area contributed by atoms with Crippen LogP contribution in [0.15, 0.2) is 76.8 Å². The standard InChI is InChI=1S/C21H16FNO4S/c1-27-21(24)19-3-2-14-23-20(19)28(25,26)18-12-8-16(9-13-18)5-4-15-6-10-17(22)11-7-15/h2-14H,1H3/b5-4+. The summed E-state index contributed by atoms with van der Waals surface area (Å²) in [6, 6.07) is 15.0. The quantitative estimate of drug-likeness (QED) is 0.480. The van der Waals surface area contributed by atoms with E-state index in [0.717, 1.165) is 11.1 Å². The van der Waals surface area contributed by atoms with Gasteiger partial charge < -0.3 is 4.74 Å². The number of carbonyl (C=O) groups is 1. The van der Waals surface area contributed by atoms with Gasteiger partial charge in [0.2, 0.25) is 9.84 Å². The molecule has 7 heteroatoms. The topological polar surface area (TPSA) is 73.3 Å². The molecule has 28 heavy (non-hydrogen) atoms. The summed E-state index contributed by atoms with van der Waals surface area (Å²) in [6.07, 6.45) is 4.88. The van der Waals surface area contributed by atoms with Crippen LogP contribution >= 0.6 is 0 Å². The van der Waals surface area contributed by atoms with E-state index in [-0.39, 0.29) is 21.3 Å². The average Bonchev–Trinajstić information content (AvgIpc) is 2.73. The Labute approximate surface area is 162 Å². The molecule has 0 saturated carbocycles. The zero-order valence-electron chi connectivity index (χ0n) is 14.9. The van der Waals surface area contributed by atoms with Crippen molar-refractivity contribution >= 4 is 28.0 Å². The number of methoxy groups -OCH3 is 1. The molecule has 1 heterocycles. The van der Waals surface area contributed by atoms with Gasteiger partial charge >= 0.3 is 5.97 Å². The molecule has 0 amide bonds. The van der Waals surface area contributed by atoms with Crippen LogP contribution in [0.5, 0.6) is 0 Å². The lowest BCUT2D eigenvalue weighted by molar-refractivity contribution is 0.0595. The lowest BCUT2D eigenvalue weighted by atomic mass is 10.1. The first-order valence-corrected chi connectivity index (χ1v) is 9.72. The second-order valence-corrected chi connectivity index (χ2v) is 7.67. The molecule has 0 aliphatic heterocycles. The minimum atomic E-state index is -3.99. The highest BCUT2D eigenvalue weighted by Gasteiger charge is 2.26. The molecule has 142 valence electrons. The number of carbonyl (C=O) groups excluding carboxylic acids is 1. The normalized spacial score (nSPS) is 11.5. The predicted molar refractivity (Wildman–Crippen MR) is 103 cm³/mol. The van der Waals surface area contributed by atoms with Crippen molar-refractivity contribution < 1.29 is 22.3 Å². The zero-order valence-corrected chi connectivity index (χ0v) is 15.7. The molecule has 5 nitrogen and oxygen atoms in total. The maximum atomic E-state index is 12.9. The van der Waals surface area contributed by atoms with Crippen LogP contribution in [0.25, 0.3) is 12.2 Å². The molecule has 3 aromatic rings. The van der Waals surface area contributed by atoms with E-state index in [9.17, 15) is 17.6 Å². The summed E-state index contributed by atoms with van der Waals surface area (Å²) in [4.78, 5) is 15.7. The third-order valence-corrected chi connectivity index (χ3v) is 5.69. The van der Waals surface area contributed by atoms with Gasteiger partial charge in [0, 0.05) is 6.20 Å². The van der Waals surface area contributed by atoms with Crippen LogP contribution in [0.4, 0.5) is 4.39 Å². The number of ether oxygens (including phenoxy) is 1. The number of hydrogen-bond acceptors (Lipinski definition) is 5. The minimum Gasteiger partial charge on any atom is -0.465 e. The van der Waals surface area contributed by atoms with E-state index in [1.807, 2.05) is 0 Å². The van der Waals surface area contributed by atoms with Gasteiger partial charge in [-0.25, -0.2) is 22.6 Å². The third-order valence-electron chi connectivity index (χ3n) is 3.96. The van der Waals surface area contributed by atoms with Crippen molar-refractivity contribution in [3.05, 3.63) is 89.4 Å². The average molecular weight is 397 g/mol. The van der Waals surface area contributed by atoms with E-state index < -0.39 is 15.8 Å². The highest BCUT2D eigenvalue weighted by molar-refractivity contribution is 7.91. The molecule has 0 fully saturated rings. The molecule has 2 aromatic carbocycles. The number of pyridine rings is 1. The van der Waals surface area contributed by atoms with Gasteiger partial charge in [0.25, 0.3) is 0 Å². The van der Waals surface area contributed by atoms with E-state index in [4.69, 9.17) is 0 Å². The molecule has 3 rings (SSSR count). The molecule has 0 saturated heterocycles. The highest BCUT2D eigenvalue weighted by atomic mass is 32.2. The van der Waals surface area contributed by atoms with Crippen molar-refractivity contribution in [3.8, 4) is 0 Å². The van der Waals surface area contributed by atoms with Crippen LogP contribution < -0.4 is 0 Å². The molecule has 0 N–H and O–H groups in total. The lowest BCUT2D eigenvalue weighted by Crippen LogP contribution is -2.13. The van der Waals surface area contributed by atoms with Crippen LogP contribution in [0.3, 0.4) is 0 Å². The second-order valence-electron chi connectivity index (χ2n) is 5.81. The summed E-state index contributed by atoms with van der Waals surface area (Å²) in [5, 5.41) is -0.351. The summed E-state index contributed by atoms with van der Waals surface area (Å²) in [5.41, 5.74) is 1.46. The van der Waals surface area contributed by atoms with Crippen LogP contribution in [0, 0.1) is 5.82 Å². The molecule has 0 unspecified atom stereocenters. The van der Waals surface area contributed by atoms with Crippen LogP contribution in [0.1, 0.15) is 21.5 Å². The molecular formula is C21H16FNO4S. The van der Waals surface area contributed by atoms with Gasteiger partial charge in [0.05, 0.1) is 17.6 Å². The van der Waals surface area contributed by atoms with Crippen molar-refractivity contribution in [2.24, 2.45) is 0 Å². The zero-order chi connectivity index (χ0) is 20.1. The first-order valence-electron chi connectivity index (χ1n) is 8.24. The molecule has 1 aromatic heterocycles. The molecule has 0 aliphatic carbocycles. The van der Waals surface area contributed by atoms with E-state index >= 15 is 0 Å². The van der Waals surface area contributed by atoms with Crippen molar-refractivity contribution in [2.75, 3.05) is 7.11 Å². The van der Waals surface area contributed by atoms with Gasteiger partial charge in [-0.2, -0.15) is 0 Å². The van der Waals surface area contributed by atoms with Crippen LogP contribution in [-0.2, 0) is 14.6 Å². The summed E-state index contributed by atoms with van der Waals surface area (Å²) >= 11 is 0. The highest BCUT2D eigenvalue weighted by Crippen LogP contribution is 2.23. The van der Waals surface area contributed by atoms with E-state index in [0.29, 0.717) is 0 Å². The van der Waals surface area contributed by atoms with Crippen molar-refractivity contribution in [3.63, 3.8) is 0 Å². The Hall–Kier alpha value is -3.32. The minimum absolute atomic E-state index is 0.00952. The summed E-state index contributed by atoms with van der Waals surface area (Å²) in [5.74, 6) is -1.09. The first-order chi connectivity index (χ1) is 13.4. The number of sulfone groups is 1. The molecule has 0 aliphatic rings. The maximum absolute atomic E-state index is 12.9. The van der Waals surface area contributed by atoms with E-state index in [1.165, 1.54) is 49.7 Å². The summed E-state index contributed by atoms with van der Waals surface area (Å²) in [7, 11) is -2.82. The van der Waals surface area contributed by atoms with E-state index in [1.54, 1.807) is 36.4 Å². The Kier molecular flexibility index (Phi) is 5.65. The second kappa shape index (κ2) is 8.14. The van der Waals surface area contributed by atoms with Gasteiger partial charge in [0.15, 0.2) is 5.03 Å². The van der Waals surface area contributed by atoms with Gasteiger partial charge in [-0.1, -0.05) is 36.4 Å². The first kappa shape index (κ1) is 19.4. The third kappa shape index (κ3) is 4.15. The number of nitrogens with zero attached hydrogens (tertiary/aromatic N) is 1. The Balaban J connectivity index is 1.89. The van der Waals surface area contributed by atoms with Gasteiger partial charge in [-0.3, -0.25) is 0 Å². The summed E-state index contributed by atoms with van der Waals surface area (Å²) in [6.45, 7) is 0. The monoisotopic (exact) mass is 397 g/mol. The largest absolute Gasteiger partial charge is 0.465 e. The molecule has 0 bridgehead atoms. The Morgan fingerprint density at radius 3 is 2.11 bits per heavy atom. The Bertz CT molecular complexity index is 1120. The predicted octanol–water partition coefficient (Wildman–Crippen LogP) is 4.01. The Morgan fingerprint density at radius 1 is 0.964 bits per heavy atom. The molecule has 0 spiro atoms. The number of hydrogen-bond donors (Lipinski definition) is 0. The van der Waals surface area contributed by atoms with Crippen LogP contribution in [-0.4, -0.2) is 26.5 Å². The molecule has 0 radical (unpaired) electrons. The van der Waals surface area contributed by atoms with Gasteiger partial charge in [0.1, 0.15) is 5.82 Å². The Morgan fingerprint density at radius 2 is 1.54 bits per heavy atom.